The van der Waals surface area contributed by atoms with Gasteiger partial charge < -0.3 is 0 Å². The number of rotatable bonds is 0. The Bertz CT molecular complexity index is 99.8. The van der Waals surface area contributed by atoms with Crippen LogP contribution >= 0.6 is 21.3 Å². The maximum absolute atomic E-state index is 4.56. The molecule has 1 aromatic rings. The summed E-state index contributed by atoms with van der Waals surface area (Å²) in [5, 5.41) is 0. The van der Waals surface area contributed by atoms with Crippen LogP contribution < -0.4 is 0 Å². The van der Waals surface area contributed by atoms with Crippen molar-refractivity contribution in [2.24, 2.45) is 0 Å². The third-order valence-electron chi connectivity index (χ3n) is 0.566. The zero-order valence-electron chi connectivity index (χ0n) is 5.12. The van der Waals surface area contributed by atoms with Crippen LogP contribution in [0.15, 0.2) is 30.6 Å². The number of aromatic nitrogens is 1. The Morgan fingerprint density at radius 1 is 1.22 bits per heavy atom. The van der Waals surface area contributed by atoms with E-state index >= 15 is 0 Å². The molecule has 0 aliphatic heterocycles. The maximum Gasteiger partial charge on any atom is 0.0267 e. The molecule has 0 amide bonds. The molecule has 0 aliphatic carbocycles. The first-order chi connectivity index (χ1) is 4.41. The van der Waals surface area contributed by atoms with E-state index in [1.807, 2.05) is 18.2 Å². The summed E-state index contributed by atoms with van der Waals surface area (Å²) < 4.78 is 3.86. The Kier molecular flexibility index (Phi) is 7.68. The second-order valence-corrected chi connectivity index (χ2v) is 2.41. The average Bonchev–Trinajstić information content (AvgIpc) is 1.93. The Hall–Kier alpha value is -0.170. The third kappa shape index (κ3) is 7.83. The van der Waals surface area contributed by atoms with E-state index in [-0.39, 0.29) is 0 Å². The third-order valence-corrected chi connectivity index (χ3v) is 0.566. The smallest absolute Gasteiger partial charge is 0.0267 e. The van der Waals surface area contributed by atoms with Crippen LogP contribution in [0.2, 0.25) is 0 Å². The number of hydrogen-bond acceptors (Lipinski definition) is 2. The van der Waals surface area contributed by atoms with Gasteiger partial charge in [-0.3, -0.25) is 4.98 Å². The first kappa shape index (κ1) is 8.83. The number of halogens is 1. The molecule has 0 aliphatic rings. The van der Waals surface area contributed by atoms with Gasteiger partial charge in [-0.05, 0) is 12.1 Å². The van der Waals surface area contributed by atoms with Crippen LogP contribution in [-0.4, -0.2) is 4.98 Å². The van der Waals surface area contributed by atoms with Gasteiger partial charge in [-0.2, -0.15) is 0 Å². The van der Waals surface area contributed by atoms with Gasteiger partial charge in [-0.25, -0.2) is 0 Å². The molecule has 1 aromatic heterocycles. The SMILES string of the molecule is [PH4]OCl.c1ccncc1. The summed E-state index contributed by atoms with van der Waals surface area (Å²) in [5.41, 5.74) is 0. The molecule has 1 heterocycles. The molecule has 9 heavy (non-hydrogen) atoms. The van der Waals surface area contributed by atoms with Gasteiger partial charge in [0.2, 0.25) is 0 Å². The zero-order chi connectivity index (χ0) is 6.95. The molecule has 0 bridgehead atoms. The second-order valence-electron chi connectivity index (χ2n) is 1.18. The van der Waals surface area contributed by atoms with Crippen molar-refractivity contribution in [3.05, 3.63) is 30.6 Å². The molecule has 4 heteroatoms. The quantitative estimate of drug-likeness (QED) is 0.544. The number of hydrogen-bond donors (Lipinski definition) is 0. The van der Waals surface area contributed by atoms with Crippen molar-refractivity contribution in [1.82, 2.24) is 4.98 Å². The maximum atomic E-state index is 4.56. The zero-order valence-corrected chi connectivity index (χ0v) is 7.88. The van der Waals surface area contributed by atoms with Crippen molar-refractivity contribution in [3.8, 4) is 0 Å². The molecular formula is C5H9ClNOP. The fraction of sp³-hybridized carbons (Fsp3) is 0. The van der Waals surface area contributed by atoms with Crippen LogP contribution in [-0.2, 0) is 4.08 Å². The Labute approximate surface area is 61.7 Å². The van der Waals surface area contributed by atoms with Crippen LogP contribution in [0.5, 0.6) is 0 Å². The summed E-state index contributed by atoms with van der Waals surface area (Å²) in [6.07, 6.45) is 3.50. The summed E-state index contributed by atoms with van der Waals surface area (Å²) in [4.78, 5) is 3.78. The molecule has 0 aromatic carbocycles. The summed E-state index contributed by atoms with van der Waals surface area (Å²) >= 11 is 4.56. The molecule has 0 radical (unpaired) electrons. The van der Waals surface area contributed by atoms with E-state index in [0.29, 0.717) is 9.47 Å². The second kappa shape index (κ2) is 7.83. The van der Waals surface area contributed by atoms with E-state index in [1.165, 1.54) is 0 Å². The van der Waals surface area contributed by atoms with Crippen LogP contribution in [0, 0.1) is 0 Å². The Morgan fingerprint density at radius 2 is 1.67 bits per heavy atom. The van der Waals surface area contributed by atoms with Gasteiger partial charge in [0.15, 0.2) is 0 Å². The fourth-order valence-corrected chi connectivity index (χ4v) is 0.313. The fourth-order valence-electron chi connectivity index (χ4n) is 0.313. The van der Waals surface area contributed by atoms with Crippen LogP contribution in [0.25, 0.3) is 0 Å². The molecule has 0 fully saturated rings. The summed E-state index contributed by atoms with van der Waals surface area (Å²) in [6, 6.07) is 5.72. The van der Waals surface area contributed by atoms with E-state index in [4.69, 9.17) is 0 Å². The van der Waals surface area contributed by atoms with Gasteiger partial charge in [-0.1, -0.05) is 6.07 Å². The Morgan fingerprint density at radius 3 is 1.78 bits per heavy atom. The normalized spacial score (nSPS) is 7.44. The van der Waals surface area contributed by atoms with Gasteiger partial charge in [0.1, 0.15) is 0 Å². The first-order valence-electron chi connectivity index (χ1n) is 2.41. The van der Waals surface area contributed by atoms with E-state index in [2.05, 4.69) is 20.9 Å². The molecule has 0 spiro atoms. The molecule has 0 atom stereocenters. The van der Waals surface area contributed by atoms with E-state index in [1.54, 1.807) is 12.4 Å². The van der Waals surface area contributed by atoms with Crippen molar-refractivity contribution in [1.29, 1.82) is 0 Å². The van der Waals surface area contributed by atoms with Crippen molar-refractivity contribution in [2.75, 3.05) is 0 Å². The minimum atomic E-state index is 0.634. The van der Waals surface area contributed by atoms with Crippen molar-refractivity contribution in [2.45, 2.75) is 0 Å². The molecule has 0 unspecified atom stereocenters. The van der Waals surface area contributed by atoms with E-state index in [9.17, 15) is 0 Å². The van der Waals surface area contributed by atoms with Gasteiger partial charge in [0, 0.05) is 12.4 Å². The van der Waals surface area contributed by atoms with Gasteiger partial charge in [0.05, 0.1) is 0 Å². The van der Waals surface area contributed by atoms with Crippen LogP contribution in [0.3, 0.4) is 0 Å². The molecule has 0 saturated heterocycles. The minimum Gasteiger partial charge on any atom is -0.265 e. The molecule has 1 rings (SSSR count). The minimum absolute atomic E-state index is 0.634. The van der Waals surface area contributed by atoms with E-state index < -0.39 is 0 Å². The van der Waals surface area contributed by atoms with Gasteiger partial charge >= 0.3 is 25.4 Å². The number of pyridine rings is 1. The molecular weight excluding hydrogens is 156 g/mol. The monoisotopic (exact) mass is 165 g/mol. The molecule has 52 valence electrons. The van der Waals surface area contributed by atoms with Crippen molar-refractivity contribution in [3.63, 3.8) is 0 Å². The van der Waals surface area contributed by atoms with Gasteiger partial charge in [-0.15, -0.1) is 0 Å². The van der Waals surface area contributed by atoms with Crippen molar-refractivity contribution < 1.29 is 4.08 Å². The summed E-state index contributed by atoms with van der Waals surface area (Å²) in [7, 11) is 0.634. The average molecular weight is 166 g/mol. The van der Waals surface area contributed by atoms with Crippen LogP contribution in [0.1, 0.15) is 0 Å². The topological polar surface area (TPSA) is 22.1 Å². The van der Waals surface area contributed by atoms with Gasteiger partial charge in [0.25, 0.3) is 0 Å². The molecule has 0 N–H and O–H groups in total. The van der Waals surface area contributed by atoms with Crippen LogP contribution in [0.4, 0.5) is 0 Å². The Balaban J connectivity index is 0.000000187. The van der Waals surface area contributed by atoms with Crippen molar-refractivity contribution >= 4 is 21.3 Å². The summed E-state index contributed by atoms with van der Waals surface area (Å²) in [5.74, 6) is 0. The largest absolute Gasteiger partial charge is 0.265 e. The predicted molar refractivity (Wildman–Crippen MR) is 43.7 cm³/mol. The summed E-state index contributed by atoms with van der Waals surface area (Å²) in [6.45, 7) is 0. The molecule has 0 saturated carbocycles. The predicted octanol–water partition coefficient (Wildman–Crippen LogP) is 1.49. The van der Waals surface area contributed by atoms with E-state index in [0.717, 1.165) is 0 Å². The first-order valence-corrected chi connectivity index (χ1v) is 3.54. The number of nitrogens with zero attached hydrogens (tertiary/aromatic N) is 1. The standard InChI is InChI=1S/C5H5N.ClH4OP/c1-2-4-6-5-3-1;1-2-3/h1-5H;3H4. The molecule has 2 nitrogen and oxygen atoms in total.